The Morgan fingerprint density at radius 2 is 2.12 bits per heavy atom. The molecule has 1 aromatic heterocycles. The minimum absolute atomic E-state index is 0.112. The summed E-state index contributed by atoms with van der Waals surface area (Å²) in [5.41, 5.74) is 0.638. The van der Waals surface area contributed by atoms with Crippen molar-refractivity contribution < 1.29 is 9.90 Å². The number of pyridine rings is 1. The lowest BCUT2D eigenvalue weighted by molar-refractivity contribution is -0.138. The molecule has 3 heteroatoms. The number of carbonyl (C=O) groups is 1. The summed E-state index contributed by atoms with van der Waals surface area (Å²) in [6.07, 6.45) is 3.66. The first-order valence-electron chi connectivity index (χ1n) is 5.56. The maximum absolute atomic E-state index is 10.9. The third kappa shape index (κ3) is 2.28. The van der Waals surface area contributed by atoms with Gasteiger partial charge in [-0.25, -0.2) is 0 Å². The molecule has 2 rings (SSSR count). The van der Waals surface area contributed by atoms with Crippen LogP contribution in [0.4, 0.5) is 0 Å². The Labute approximate surface area is 100 Å². The summed E-state index contributed by atoms with van der Waals surface area (Å²) in [6.45, 7) is 3.89. The number of hydrogen-bond donors (Lipinski definition) is 1. The minimum Gasteiger partial charge on any atom is -0.481 e. The van der Waals surface area contributed by atoms with Crippen molar-refractivity contribution in [3.63, 3.8) is 0 Å². The highest BCUT2D eigenvalue weighted by molar-refractivity contribution is 5.86. The van der Waals surface area contributed by atoms with Gasteiger partial charge in [0.2, 0.25) is 0 Å². The SMILES string of the molecule is CC(C)(CC(=O)O)c1cccc2ccncc12. The van der Waals surface area contributed by atoms with Crippen LogP contribution < -0.4 is 0 Å². The first-order valence-corrected chi connectivity index (χ1v) is 5.56. The fourth-order valence-corrected chi connectivity index (χ4v) is 2.18. The summed E-state index contributed by atoms with van der Waals surface area (Å²) in [4.78, 5) is 15.0. The zero-order valence-electron chi connectivity index (χ0n) is 9.97. The van der Waals surface area contributed by atoms with Gasteiger partial charge in [0.15, 0.2) is 0 Å². The van der Waals surface area contributed by atoms with E-state index in [0.29, 0.717) is 0 Å². The Kier molecular flexibility index (Phi) is 2.84. The van der Waals surface area contributed by atoms with E-state index in [1.165, 1.54) is 0 Å². The molecule has 0 aliphatic rings. The van der Waals surface area contributed by atoms with Crippen molar-refractivity contribution in [2.45, 2.75) is 25.7 Å². The molecule has 0 atom stereocenters. The number of benzene rings is 1. The third-order valence-electron chi connectivity index (χ3n) is 3.01. The van der Waals surface area contributed by atoms with Gasteiger partial charge < -0.3 is 5.11 Å². The molecular weight excluding hydrogens is 214 g/mol. The molecular formula is C14H15NO2. The molecule has 88 valence electrons. The van der Waals surface area contributed by atoms with Crippen LogP contribution in [0.2, 0.25) is 0 Å². The summed E-state index contributed by atoms with van der Waals surface area (Å²) in [7, 11) is 0. The lowest BCUT2D eigenvalue weighted by atomic mass is 9.79. The van der Waals surface area contributed by atoms with Gasteiger partial charge in [0, 0.05) is 23.2 Å². The van der Waals surface area contributed by atoms with Crippen molar-refractivity contribution in [1.82, 2.24) is 4.98 Å². The average molecular weight is 229 g/mol. The van der Waals surface area contributed by atoms with Crippen molar-refractivity contribution in [2.24, 2.45) is 0 Å². The molecule has 0 unspecified atom stereocenters. The van der Waals surface area contributed by atoms with E-state index < -0.39 is 11.4 Å². The first-order chi connectivity index (χ1) is 8.00. The maximum Gasteiger partial charge on any atom is 0.304 e. The van der Waals surface area contributed by atoms with Gasteiger partial charge in [-0.2, -0.15) is 0 Å². The number of aromatic nitrogens is 1. The molecule has 0 spiro atoms. The van der Waals surface area contributed by atoms with E-state index in [4.69, 9.17) is 5.11 Å². The Balaban J connectivity index is 2.58. The van der Waals surface area contributed by atoms with Crippen LogP contribution in [0.15, 0.2) is 36.7 Å². The Morgan fingerprint density at radius 1 is 1.35 bits per heavy atom. The van der Waals surface area contributed by atoms with Gasteiger partial charge in [-0.1, -0.05) is 32.0 Å². The van der Waals surface area contributed by atoms with Crippen LogP contribution in [0.25, 0.3) is 10.8 Å². The van der Waals surface area contributed by atoms with Crippen LogP contribution in [0, 0.1) is 0 Å². The van der Waals surface area contributed by atoms with Crippen LogP contribution in [-0.4, -0.2) is 16.1 Å². The summed E-state index contributed by atoms with van der Waals surface area (Å²) in [6, 6.07) is 7.89. The predicted molar refractivity (Wildman–Crippen MR) is 67.0 cm³/mol. The van der Waals surface area contributed by atoms with Crippen LogP contribution in [-0.2, 0) is 10.2 Å². The Bertz CT molecular complexity index is 556. The molecule has 0 radical (unpaired) electrons. The Morgan fingerprint density at radius 3 is 2.82 bits per heavy atom. The van der Waals surface area contributed by atoms with Gasteiger partial charge in [-0.3, -0.25) is 9.78 Å². The van der Waals surface area contributed by atoms with Crippen LogP contribution in [0.5, 0.6) is 0 Å². The zero-order valence-corrected chi connectivity index (χ0v) is 9.97. The van der Waals surface area contributed by atoms with Crippen molar-refractivity contribution in [2.75, 3.05) is 0 Å². The van der Waals surface area contributed by atoms with E-state index in [1.54, 1.807) is 12.4 Å². The fourth-order valence-electron chi connectivity index (χ4n) is 2.18. The minimum atomic E-state index is -0.782. The van der Waals surface area contributed by atoms with E-state index in [2.05, 4.69) is 4.98 Å². The lowest BCUT2D eigenvalue weighted by Gasteiger charge is -2.24. The number of aliphatic carboxylic acids is 1. The number of fused-ring (bicyclic) bond motifs is 1. The first kappa shape index (κ1) is 11.6. The highest BCUT2D eigenvalue weighted by Gasteiger charge is 2.25. The van der Waals surface area contributed by atoms with Crippen LogP contribution >= 0.6 is 0 Å². The molecule has 2 aromatic rings. The largest absolute Gasteiger partial charge is 0.481 e. The number of nitrogens with zero attached hydrogens (tertiary/aromatic N) is 1. The summed E-state index contributed by atoms with van der Waals surface area (Å²) >= 11 is 0. The number of carboxylic acid groups (broad SMARTS) is 1. The molecule has 17 heavy (non-hydrogen) atoms. The normalized spacial score (nSPS) is 11.6. The molecule has 0 saturated heterocycles. The third-order valence-corrected chi connectivity index (χ3v) is 3.01. The van der Waals surface area contributed by atoms with Crippen LogP contribution in [0.1, 0.15) is 25.8 Å². The lowest BCUT2D eigenvalue weighted by Crippen LogP contribution is -2.22. The van der Waals surface area contributed by atoms with Crippen molar-refractivity contribution in [3.05, 3.63) is 42.2 Å². The second-order valence-electron chi connectivity index (χ2n) is 4.86. The summed E-state index contributed by atoms with van der Waals surface area (Å²) in [5.74, 6) is -0.782. The van der Waals surface area contributed by atoms with E-state index in [9.17, 15) is 4.79 Å². The van der Waals surface area contributed by atoms with E-state index in [1.807, 2.05) is 38.1 Å². The van der Waals surface area contributed by atoms with Crippen molar-refractivity contribution >= 4 is 16.7 Å². The fraction of sp³-hybridized carbons (Fsp3) is 0.286. The van der Waals surface area contributed by atoms with Crippen molar-refractivity contribution in [3.8, 4) is 0 Å². The smallest absolute Gasteiger partial charge is 0.304 e. The Hall–Kier alpha value is -1.90. The van der Waals surface area contributed by atoms with Gasteiger partial charge in [0.25, 0.3) is 0 Å². The summed E-state index contributed by atoms with van der Waals surface area (Å²) in [5, 5.41) is 11.1. The second-order valence-corrected chi connectivity index (χ2v) is 4.86. The number of hydrogen-bond acceptors (Lipinski definition) is 2. The maximum atomic E-state index is 10.9. The van der Waals surface area contributed by atoms with Gasteiger partial charge in [-0.05, 0) is 17.0 Å². The number of rotatable bonds is 3. The molecule has 0 bridgehead atoms. The topological polar surface area (TPSA) is 50.2 Å². The van der Waals surface area contributed by atoms with Gasteiger partial charge in [-0.15, -0.1) is 0 Å². The van der Waals surface area contributed by atoms with Gasteiger partial charge in [0.1, 0.15) is 0 Å². The molecule has 0 fully saturated rings. The molecule has 0 aliphatic carbocycles. The van der Waals surface area contributed by atoms with E-state index >= 15 is 0 Å². The van der Waals surface area contributed by atoms with Gasteiger partial charge in [0.05, 0.1) is 6.42 Å². The average Bonchev–Trinajstić information content (AvgIpc) is 2.26. The molecule has 0 saturated carbocycles. The highest BCUT2D eigenvalue weighted by atomic mass is 16.4. The molecule has 1 aromatic carbocycles. The molecule has 1 N–H and O–H groups in total. The molecule has 1 heterocycles. The highest BCUT2D eigenvalue weighted by Crippen LogP contribution is 2.32. The predicted octanol–water partition coefficient (Wildman–Crippen LogP) is 2.99. The standard InChI is InChI=1S/C14H15NO2/c1-14(2,8-13(16)17)12-5-3-4-10-6-7-15-9-11(10)12/h3-7,9H,8H2,1-2H3,(H,16,17). The monoisotopic (exact) mass is 229 g/mol. The molecule has 3 nitrogen and oxygen atoms in total. The van der Waals surface area contributed by atoms with Gasteiger partial charge >= 0.3 is 5.97 Å². The quantitative estimate of drug-likeness (QED) is 0.880. The van der Waals surface area contributed by atoms with Crippen molar-refractivity contribution in [1.29, 1.82) is 0 Å². The zero-order chi connectivity index (χ0) is 12.5. The van der Waals surface area contributed by atoms with Crippen LogP contribution in [0.3, 0.4) is 0 Å². The van der Waals surface area contributed by atoms with E-state index in [-0.39, 0.29) is 6.42 Å². The van der Waals surface area contributed by atoms with E-state index in [0.717, 1.165) is 16.3 Å². The second kappa shape index (κ2) is 4.17. The summed E-state index contributed by atoms with van der Waals surface area (Å²) < 4.78 is 0. The number of carboxylic acids is 1. The molecule has 0 amide bonds. The molecule has 0 aliphatic heterocycles.